The Labute approximate surface area is 318 Å². The number of hydrogen-bond donors (Lipinski definition) is 1. The van der Waals surface area contributed by atoms with Gasteiger partial charge < -0.3 is 19.5 Å². The normalized spacial score (nSPS) is 11.6. The molecule has 0 aliphatic heterocycles. The van der Waals surface area contributed by atoms with Crippen LogP contribution in [0, 0.1) is 5.92 Å². The van der Waals surface area contributed by atoms with E-state index in [4.69, 9.17) is 9.47 Å². The Morgan fingerprint density at radius 2 is 0.824 bits per heavy atom. The Bertz CT molecular complexity index is 701. The number of esters is 2. The van der Waals surface area contributed by atoms with Gasteiger partial charge in [0.15, 0.2) is 0 Å². The van der Waals surface area contributed by atoms with Crippen LogP contribution in [-0.4, -0.2) is 61.4 Å². The third-order valence-corrected chi connectivity index (χ3v) is 10.5. The van der Waals surface area contributed by atoms with Crippen molar-refractivity contribution in [3.63, 3.8) is 0 Å². The molecule has 0 aromatic rings. The number of ether oxygens (including phenoxy) is 2. The summed E-state index contributed by atoms with van der Waals surface area (Å²) in [5, 5.41) is 9.53. The molecule has 0 saturated carbocycles. The molecule has 0 fully saturated rings. The topological polar surface area (TPSA) is 76.1 Å². The number of aliphatic hydroxyl groups is 1. The molecule has 0 rings (SSSR count). The van der Waals surface area contributed by atoms with Gasteiger partial charge in [-0.05, 0) is 64.0 Å². The van der Waals surface area contributed by atoms with Gasteiger partial charge in [-0.1, -0.05) is 175 Å². The Morgan fingerprint density at radius 3 is 1.29 bits per heavy atom. The Hall–Kier alpha value is -1.14. The largest absolute Gasteiger partial charge is 0.466 e. The summed E-state index contributed by atoms with van der Waals surface area (Å²) in [6, 6.07) is 0. The van der Waals surface area contributed by atoms with Crippen molar-refractivity contribution >= 4 is 11.9 Å². The van der Waals surface area contributed by atoms with Crippen LogP contribution in [0.4, 0.5) is 0 Å². The van der Waals surface area contributed by atoms with Crippen molar-refractivity contribution in [2.75, 3.05) is 39.5 Å². The first-order valence-corrected chi connectivity index (χ1v) is 22.7. The lowest BCUT2D eigenvalue weighted by Gasteiger charge is -2.21. The standard InChI is InChI=1S/C45H89NO5/c1-4-7-10-13-16-17-18-24-32-41-50-44(48)35-29-25-31-38-46(39-40-47)37-30-23-19-22-28-36-45(49)51-42-43(33-26-20-14-11-8-5-2)34-27-21-15-12-9-6-3/h43,47H,4-42H2,1-3H3. The van der Waals surface area contributed by atoms with Crippen LogP contribution < -0.4 is 0 Å². The van der Waals surface area contributed by atoms with Crippen LogP contribution in [0.25, 0.3) is 0 Å². The second-order valence-corrected chi connectivity index (χ2v) is 15.6. The van der Waals surface area contributed by atoms with Gasteiger partial charge in [0.1, 0.15) is 0 Å². The summed E-state index contributed by atoms with van der Waals surface area (Å²) in [5.74, 6) is 0.474. The highest BCUT2D eigenvalue weighted by Crippen LogP contribution is 2.20. The molecule has 1 N–H and O–H groups in total. The third kappa shape index (κ3) is 38.4. The highest BCUT2D eigenvalue weighted by atomic mass is 16.5. The molecule has 0 amide bonds. The molecule has 0 spiro atoms. The number of carbonyl (C=O) groups excluding carboxylic acids is 2. The molecule has 304 valence electrons. The number of nitrogens with zero attached hydrogens (tertiary/aromatic N) is 1. The molecule has 6 heteroatoms. The van der Waals surface area contributed by atoms with Gasteiger partial charge in [-0.25, -0.2) is 0 Å². The van der Waals surface area contributed by atoms with E-state index in [0.29, 0.717) is 38.5 Å². The fourth-order valence-corrected chi connectivity index (χ4v) is 7.08. The number of carbonyl (C=O) groups is 2. The van der Waals surface area contributed by atoms with Crippen molar-refractivity contribution in [1.82, 2.24) is 4.90 Å². The number of aliphatic hydroxyl groups excluding tert-OH is 1. The van der Waals surface area contributed by atoms with E-state index in [1.54, 1.807) is 0 Å². The van der Waals surface area contributed by atoms with Crippen LogP contribution in [0.1, 0.15) is 233 Å². The quantitative estimate of drug-likeness (QED) is 0.0499. The van der Waals surface area contributed by atoms with Crippen molar-refractivity contribution in [1.29, 1.82) is 0 Å². The zero-order chi connectivity index (χ0) is 37.3. The van der Waals surface area contributed by atoms with Crippen LogP contribution in [0.15, 0.2) is 0 Å². The minimum Gasteiger partial charge on any atom is -0.466 e. The average Bonchev–Trinajstić information content (AvgIpc) is 3.13. The highest BCUT2D eigenvalue weighted by Gasteiger charge is 2.13. The molecule has 0 bridgehead atoms. The van der Waals surface area contributed by atoms with Gasteiger partial charge in [0.05, 0.1) is 19.8 Å². The summed E-state index contributed by atoms with van der Waals surface area (Å²) in [6.45, 7) is 10.9. The summed E-state index contributed by atoms with van der Waals surface area (Å²) < 4.78 is 11.2. The predicted molar refractivity (Wildman–Crippen MR) is 218 cm³/mol. The molecule has 0 aliphatic rings. The maximum Gasteiger partial charge on any atom is 0.305 e. The predicted octanol–water partition coefficient (Wildman–Crippen LogP) is 12.9. The first-order chi connectivity index (χ1) is 25.1. The van der Waals surface area contributed by atoms with Gasteiger partial charge in [-0.3, -0.25) is 9.59 Å². The van der Waals surface area contributed by atoms with Crippen LogP contribution in [0.3, 0.4) is 0 Å². The van der Waals surface area contributed by atoms with Gasteiger partial charge in [-0.2, -0.15) is 0 Å². The fourth-order valence-electron chi connectivity index (χ4n) is 7.08. The van der Waals surface area contributed by atoms with Crippen molar-refractivity contribution in [3.05, 3.63) is 0 Å². The van der Waals surface area contributed by atoms with Crippen molar-refractivity contribution < 1.29 is 24.2 Å². The molecule has 0 heterocycles. The molecule has 0 radical (unpaired) electrons. The van der Waals surface area contributed by atoms with Gasteiger partial charge in [0, 0.05) is 19.4 Å². The van der Waals surface area contributed by atoms with E-state index < -0.39 is 0 Å². The fraction of sp³-hybridized carbons (Fsp3) is 0.956. The summed E-state index contributed by atoms with van der Waals surface area (Å²) in [6.07, 6.45) is 39.1. The van der Waals surface area contributed by atoms with E-state index in [2.05, 4.69) is 25.7 Å². The zero-order valence-electron chi connectivity index (χ0n) is 34.7. The lowest BCUT2D eigenvalue weighted by atomic mass is 9.94. The second-order valence-electron chi connectivity index (χ2n) is 15.6. The molecule has 0 aliphatic carbocycles. The Morgan fingerprint density at radius 1 is 0.451 bits per heavy atom. The lowest BCUT2D eigenvalue weighted by Crippen LogP contribution is -2.29. The second kappa shape index (κ2) is 41.6. The molecule has 0 saturated heterocycles. The van der Waals surface area contributed by atoms with Crippen molar-refractivity contribution in [3.8, 4) is 0 Å². The molecule has 0 atom stereocenters. The van der Waals surface area contributed by atoms with Crippen LogP contribution in [0.5, 0.6) is 0 Å². The van der Waals surface area contributed by atoms with E-state index in [0.717, 1.165) is 77.3 Å². The van der Waals surface area contributed by atoms with E-state index in [9.17, 15) is 14.7 Å². The van der Waals surface area contributed by atoms with E-state index >= 15 is 0 Å². The summed E-state index contributed by atoms with van der Waals surface area (Å²) >= 11 is 0. The van der Waals surface area contributed by atoms with E-state index in [1.807, 2.05) is 0 Å². The van der Waals surface area contributed by atoms with E-state index in [1.165, 1.54) is 135 Å². The first kappa shape index (κ1) is 49.9. The highest BCUT2D eigenvalue weighted by molar-refractivity contribution is 5.69. The number of hydrogen-bond acceptors (Lipinski definition) is 6. The molecule has 51 heavy (non-hydrogen) atoms. The molecular formula is C45H89NO5. The van der Waals surface area contributed by atoms with Gasteiger partial charge in [0.2, 0.25) is 0 Å². The first-order valence-electron chi connectivity index (χ1n) is 22.7. The van der Waals surface area contributed by atoms with Crippen LogP contribution in [-0.2, 0) is 19.1 Å². The Balaban J connectivity index is 3.93. The number of unbranched alkanes of at least 4 members (excludes halogenated alkanes) is 24. The third-order valence-electron chi connectivity index (χ3n) is 10.5. The summed E-state index contributed by atoms with van der Waals surface area (Å²) in [4.78, 5) is 26.9. The molecule has 6 nitrogen and oxygen atoms in total. The van der Waals surface area contributed by atoms with Crippen LogP contribution in [0.2, 0.25) is 0 Å². The maximum absolute atomic E-state index is 12.5. The van der Waals surface area contributed by atoms with Gasteiger partial charge in [-0.15, -0.1) is 0 Å². The molecular weight excluding hydrogens is 634 g/mol. The summed E-state index contributed by atoms with van der Waals surface area (Å²) in [5.41, 5.74) is 0. The molecule has 0 unspecified atom stereocenters. The van der Waals surface area contributed by atoms with Crippen LogP contribution >= 0.6 is 0 Å². The van der Waals surface area contributed by atoms with E-state index in [-0.39, 0.29) is 18.5 Å². The van der Waals surface area contributed by atoms with Gasteiger partial charge >= 0.3 is 11.9 Å². The number of rotatable bonds is 42. The lowest BCUT2D eigenvalue weighted by molar-refractivity contribution is -0.145. The van der Waals surface area contributed by atoms with Crippen molar-refractivity contribution in [2.45, 2.75) is 233 Å². The minimum absolute atomic E-state index is 0.00734. The summed E-state index contributed by atoms with van der Waals surface area (Å²) in [7, 11) is 0. The SMILES string of the molecule is CCCCCCCCCCCOC(=O)CCCCCN(CCO)CCCCCCCC(=O)OCC(CCCCCCCC)CCCCCCCC. The monoisotopic (exact) mass is 724 g/mol. The zero-order valence-corrected chi connectivity index (χ0v) is 34.7. The molecule has 0 aromatic heterocycles. The van der Waals surface area contributed by atoms with Crippen molar-refractivity contribution in [2.24, 2.45) is 5.92 Å². The molecule has 0 aromatic carbocycles. The Kier molecular flexibility index (Phi) is 40.7. The van der Waals surface area contributed by atoms with Gasteiger partial charge in [0.25, 0.3) is 0 Å². The minimum atomic E-state index is -0.0498. The maximum atomic E-state index is 12.5. The smallest absolute Gasteiger partial charge is 0.305 e. The average molecular weight is 724 g/mol.